The molecule has 1 aliphatic rings. The van der Waals surface area contributed by atoms with Crippen LogP contribution in [-0.4, -0.2) is 0 Å². The molecule has 0 radical (unpaired) electrons. The van der Waals surface area contributed by atoms with Gasteiger partial charge in [-0.15, -0.1) is 0 Å². The summed E-state index contributed by atoms with van der Waals surface area (Å²) < 4.78 is 13.3. The molecule has 0 saturated heterocycles. The third kappa shape index (κ3) is 1.42. The second kappa shape index (κ2) is 3.18. The topological polar surface area (TPSA) is 23.8 Å². The molecule has 1 aromatic rings. The first-order valence-electron chi connectivity index (χ1n) is 4.48. The van der Waals surface area contributed by atoms with Gasteiger partial charge in [0.25, 0.3) is 0 Å². The van der Waals surface area contributed by atoms with Crippen molar-refractivity contribution in [2.24, 2.45) is 0 Å². The molecule has 1 atom stereocenters. The number of nitrogens with zero attached hydrogens (tertiary/aromatic N) is 1. The van der Waals surface area contributed by atoms with Crippen molar-refractivity contribution in [3.8, 4) is 6.07 Å². The van der Waals surface area contributed by atoms with E-state index in [4.69, 9.17) is 5.26 Å². The van der Waals surface area contributed by atoms with Crippen LogP contribution in [-0.2, 0) is 6.42 Å². The predicted octanol–water partition coefficient (Wildman–Crippen LogP) is 2.91. The van der Waals surface area contributed by atoms with Crippen LogP contribution in [0.2, 0.25) is 0 Å². The molecule has 0 aromatic heterocycles. The molecule has 1 aromatic carbocycles. The van der Waals surface area contributed by atoms with Crippen LogP contribution >= 0.6 is 0 Å². The molecule has 1 unspecified atom stereocenters. The fourth-order valence-electron chi connectivity index (χ4n) is 1.82. The number of fused-ring (bicyclic) bond motifs is 1. The van der Waals surface area contributed by atoms with E-state index in [9.17, 15) is 4.39 Å². The van der Waals surface area contributed by atoms with Crippen molar-refractivity contribution in [1.82, 2.24) is 0 Å². The number of nitriles is 1. The van der Waals surface area contributed by atoms with Gasteiger partial charge in [0.15, 0.2) is 0 Å². The lowest BCUT2D eigenvalue weighted by Crippen LogP contribution is -2.05. The van der Waals surface area contributed by atoms with Crippen LogP contribution in [0.3, 0.4) is 0 Å². The normalized spacial score (nSPS) is 20.5. The van der Waals surface area contributed by atoms with Gasteiger partial charge in [-0.25, -0.2) is 4.39 Å². The minimum Gasteiger partial charge on any atom is -0.242 e. The van der Waals surface area contributed by atoms with Gasteiger partial charge in [0.05, 0.1) is 11.6 Å². The zero-order chi connectivity index (χ0) is 9.26. The SMILES string of the molecule is N#Cc1ccc2c(c1)CCCC2F. The smallest absolute Gasteiger partial charge is 0.125 e. The molecule has 0 heterocycles. The third-order valence-corrected chi connectivity index (χ3v) is 2.51. The summed E-state index contributed by atoms with van der Waals surface area (Å²) in [6, 6.07) is 7.32. The van der Waals surface area contributed by atoms with Crippen LogP contribution < -0.4 is 0 Å². The summed E-state index contributed by atoms with van der Waals surface area (Å²) in [5.41, 5.74) is 2.43. The molecule has 0 amide bonds. The highest BCUT2D eigenvalue weighted by Gasteiger charge is 2.19. The van der Waals surface area contributed by atoms with Crippen molar-refractivity contribution in [1.29, 1.82) is 5.26 Å². The summed E-state index contributed by atoms with van der Waals surface area (Å²) in [5.74, 6) is 0. The number of halogens is 1. The van der Waals surface area contributed by atoms with Crippen molar-refractivity contribution in [2.45, 2.75) is 25.4 Å². The predicted molar refractivity (Wildman–Crippen MR) is 47.9 cm³/mol. The van der Waals surface area contributed by atoms with Gasteiger partial charge in [-0.2, -0.15) is 5.26 Å². The molecule has 2 rings (SSSR count). The van der Waals surface area contributed by atoms with Gasteiger partial charge >= 0.3 is 0 Å². The van der Waals surface area contributed by atoms with Gasteiger partial charge in [-0.05, 0) is 42.5 Å². The Bertz CT molecular complexity index is 365. The average molecular weight is 175 g/mol. The van der Waals surface area contributed by atoms with E-state index in [0.29, 0.717) is 12.0 Å². The Labute approximate surface area is 76.8 Å². The van der Waals surface area contributed by atoms with Gasteiger partial charge in [-0.3, -0.25) is 0 Å². The van der Waals surface area contributed by atoms with Crippen molar-refractivity contribution in [3.63, 3.8) is 0 Å². The summed E-state index contributed by atoms with van der Waals surface area (Å²) in [5, 5.41) is 8.66. The molecule has 0 aliphatic heterocycles. The minimum absolute atomic E-state index is 0.624. The van der Waals surface area contributed by atoms with Crippen molar-refractivity contribution >= 4 is 0 Å². The maximum absolute atomic E-state index is 13.3. The van der Waals surface area contributed by atoms with Crippen LogP contribution in [0.25, 0.3) is 0 Å². The van der Waals surface area contributed by atoms with Gasteiger partial charge < -0.3 is 0 Å². The fraction of sp³-hybridized carbons (Fsp3) is 0.364. The molecule has 0 saturated carbocycles. The Kier molecular flexibility index (Phi) is 2.02. The van der Waals surface area contributed by atoms with E-state index in [1.807, 2.05) is 0 Å². The maximum atomic E-state index is 13.3. The Hall–Kier alpha value is -1.36. The second-order valence-electron chi connectivity index (χ2n) is 3.39. The molecule has 66 valence electrons. The van der Waals surface area contributed by atoms with Crippen LogP contribution in [0.4, 0.5) is 4.39 Å². The molecule has 0 fully saturated rings. The highest BCUT2D eigenvalue weighted by atomic mass is 19.1. The van der Waals surface area contributed by atoms with Crippen molar-refractivity contribution in [3.05, 3.63) is 34.9 Å². The number of rotatable bonds is 0. The van der Waals surface area contributed by atoms with E-state index in [2.05, 4.69) is 6.07 Å². The molecule has 0 spiro atoms. The summed E-state index contributed by atoms with van der Waals surface area (Å²) in [6.07, 6.45) is 1.60. The number of benzene rings is 1. The lowest BCUT2D eigenvalue weighted by Gasteiger charge is -2.19. The molecule has 0 bridgehead atoms. The zero-order valence-electron chi connectivity index (χ0n) is 7.26. The van der Waals surface area contributed by atoms with E-state index in [1.165, 1.54) is 0 Å². The van der Waals surface area contributed by atoms with Crippen molar-refractivity contribution in [2.75, 3.05) is 0 Å². The van der Waals surface area contributed by atoms with E-state index in [-0.39, 0.29) is 0 Å². The van der Waals surface area contributed by atoms with Crippen LogP contribution in [0.15, 0.2) is 18.2 Å². The summed E-state index contributed by atoms with van der Waals surface area (Å²) in [7, 11) is 0. The van der Waals surface area contributed by atoms with Crippen LogP contribution in [0.1, 0.15) is 35.7 Å². The van der Waals surface area contributed by atoms with Gasteiger partial charge in [0.2, 0.25) is 0 Å². The van der Waals surface area contributed by atoms with E-state index >= 15 is 0 Å². The zero-order valence-corrected chi connectivity index (χ0v) is 7.26. The first kappa shape index (κ1) is 8.25. The Morgan fingerprint density at radius 1 is 1.46 bits per heavy atom. The summed E-state index contributed by atoms with van der Waals surface area (Å²) in [4.78, 5) is 0. The van der Waals surface area contributed by atoms with Crippen LogP contribution in [0, 0.1) is 11.3 Å². The highest BCUT2D eigenvalue weighted by molar-refractivity contribution is 5.40. The first-order valence-corrected chi connectivity index (χ1v) is 4.48. The number of alkyl halides is 1. The number of hydrogen-bond acceptors (Lipinski definition) is 1. The highest BCUT2D eigenvalue weighted by Crippen LogP contribution is 2.32. The lowest BCUT2D eigenvalue weighted by molar-refractivity contribution is 0.302. The quantitative estimate of drug-likeness (QED) is 0.594. The molecule has 1 nitrogen and oxygen atoms in total. The summed E-state index contributed by atoms with van der Waals surface area (Å²) in [6.45, 7) is 0. The maximum Gasteiger partial charge on any atom is 0.125 e. The van der Waals surface area contributed by atoms with E-state index < -0.39 is 6.17 Å². The Balaban J connectivity index is 2.47. The Morgan fingerprint density at radius 3 is 3.08 bits per heavy atom. The third-order valence-electron chi connectivity index (χ3n) is 2.51. The molecule has 2 heteroatoms. The number of aryl methyl sites for hydroxylation is 1. The first-order chi connectivity index (χ1) is 6.31. The van der Waals surface area contributed by atoms with Gasteiger partial charge in [-0.1, -0.05) is 6.07 Å². The molecular weight excluding hydrogens is 165 g/mol. The standard InChI is InChI=1S/C11H10FN/c12-11-3-1-2-9-6-8(7-13)4-5-10(9)11/h4-6,11H,1-3H2. The van der Waals surface area contributed by atoms with Crippen molar-refractivity contribution < 1.29 is 4.39 Å². The molecular formula is C11H10FN. The fourth-order valence-corrected chi connectivity index (χ4v) is 1.82. The molecule has 0 N–H and O–H groups in total. The van der Waals surface area contributed by atoms with Crippen LogP contribution in [0.5, 0.6) is 0 Å². The minimum atomic E-state index is -0.823. The van der Waals surface area contributed by atoms with Gasteiger partial charge in [0.1, 0.15) is 6.17 Å². The molecule has 1 aliphatic carbocycles. The van der Waals surface area contributed by atoms with E-state index in [1.54, 1.807) is 18.2 Å². The monoisotopic (exact) mass is 175 g/mol. The lowest BCUT2D eigenvalue weighted by atomic mass is 9.89. The average Bonchev–Trinajstić information content (AvgIpc) is 2.18. The number of hydrogen-bond donors (Lipinski definition) is 0. The largest absolute Gasteiger partial charge is 0.242 e. The van der Waals surface area contributed by atoms with E-state index in [0.717, 1.165) is 24.0 Å². The van der Waals surface area contributed by atoms with Gasteiger partial charge in [0, 0.05) is 0 Å². The molecule has 13 heavy (non-hydrogen) atoms. The second-order valence-corrected chi connectivity index (χ2v) is 3.39. The Morgan fingerprint density at radius 2 is 2.31 bits per heavy atom. The summed E-state index contributed by atoms with van der Waals surface area (Å²) >= 11 is 0.